The number of nitrogens with zero attached hydrogens (tertiary/aromatic N) is 2. The maximum atomic E-state index is 13.0. The molecule has 2 aliphatic heterocycles. The lowest BCUT2D eigenvalue weighted by Crippen LogP contribution is -2.46. The Hall–Kier alpha value is -2.33. The van der Waals surface area contributed by atoms with Gasteiger partial charge in [0, 0.05) is 13.1 Å². The SMILES string of the molecule is O=C(O)[C@@H]1CN(C(=O)CN2C(=O)NC3(CCCC3)C2=O)C[C@H]1C(F)(F)F. The van der Waals surface area contributed by atoms with Crippen molar-refractivity contribution in [3.63, 3.8) is 0 Å². The van der Waals surface area contributed by atoms with E-state index in [4.69, 9.17) is 5.11 Å². The van der Waals surface area contributed by atoms with Crippen LogP contribution in [-0.4, -0.2) is 70.1 Å². The molecule has 0 unspecified atom stereocenters. The van der Waals surface area contributed by atoms with Gasteiger partial charge in [0.2, 0.25) is 5.91 Å². The van der Waals surface area contributed by atoms with E-state index in [-0.39, 0.29) is 0 Å². The summed E-state index contributed by atoms with van der Waals surface area (Å²) in [5.74, 6) is -6.99. The second-order valence-electron chi connectivity index (χ2n) is 7.00. The number of likely N-dealkylation sites (tertiary alicyclic amines) is 1. The Kier molecular flexibility index (Phi) is 4.35. The van der Waals surface area contributed by atoms with Crippen LogP contribution >= 0.6 is 0 Å². The van der Waals surface area contributed by atoms with Gasteiger partial charge >= 0.3 is 18.2 Å². The van der Waals surface area contributed by atoms with Crippen molar-refractivity contribution in [2.24, 2.45) is 11.8 Å². The molecule has 3 fully saturated rings. The number of aliphatic carboxylic acids is 1. The summed E-state index contributed by atoms with van der Waals surface area (Å²) < 4.78 is 39.0. The van der Waals surface area contributed by atoms with Crippen molar-refractivity contribution >= 4 is 23.8 Å². The lowest BCUT2D eigenvalue weighted by molar-refractivity contribution is -0.188. The zero-order valence-corrected chi connectivity index (χ0v) is 13.7. The summed E-state index contributed by atoms with van der Waals surface area (Å²) >= 11 is 0. The van der Waals surface area contributed by atoms with Gasteiger partial charge in [0.1, 0.15) is 12.1 Å². The number of rotatable bonds is 3. The Balaban J connectivity index is 1.70. The Morgan fingerprint density at radius 1 is 1.19 bits per heavy atom. The number of nitrogens with one attached hydrogen (secondary N) is 1. The monoisotopic (exact) mass is 377 g/mol. The molecule has 4 amide bonds. The summed E-state index contributed by atoms with van der Waals surface area (Å²) in [6.07, 6.45) is -2.32. The van der Waals surface area contributed by atoms with Crippen LogP contribution in [0.3, 0.4) is 0 Å². The van der Waals surface area contributed by atoms with Crippen LogP contribution in [0.4, 0.5) is 18.0 Å². The third kappa shape index (κ3) is 2.99. The average Bonchev–Trinajstić information content (AvgIpc) is 3.22. The van der Waals surface area contributed by atoms with Crippen molar-refractivity contribution in [2.75, 3.05) is 19.6 Å². The molecule has 1 aliphatic carbocycles. The summed E-state index contributed by atoms with van der Waals surface area (Å²) in [6.45, 7) is -2.09. The van der Waals surface area contributed by atoms with Crippen molar-refractivity contribution in [3.05, 3.63) is 0 Å². The normalized spacial score (nSPS) is 28.1. The van der Waals surface area contributed by atoms with Crippen LogP contribution in [-0.2, 0) is 14.4 Å². The van der Waals surface area contributed by atoms with Crippen LogP contribution in [0.1, 0.15) is 25.7 Å². The third-order valence-electron chi connectivity index (χ3n) is 5.41. The molecule has 3 rings (SSSR count). The van der Waals surface area contributed by atoms with Gasteiger partial charge in [0.15, 0.2) is 0 Å². The lowest BCUT2D eigenvalue weighted by atomic mass is 9.96. The predicted molar refractivity (Wildman–Crippen MR) is 78.7 cm³/mol. The number of urea groups is 1. The molecule has 0 aromatic rings. The molecule has 0 aromatic heterocycles. The van der Waals surface area contributed by atoms with E-state index < -0.39 is 67.0 Å². The molecule has 11 heteroatoms. The van der Waals surface area contributed by atoms with Crippen molar-refractivity contribution in [3.8, 4) is 0 Å². The summed E-state index contributed by atoms with van der Waals surface area (Å²) in [5.41, 5.74) is -1.01. The molecule has 2 saturated heterocycles. The Bertz CT molecular complexity index is 659. The van der Waals surface area contributed by atoms with E-state index in [1.54, 1.807) is 0 Å². The van der Waals surface area contributed by atoms with Gasteiger partial charge in [-0.3, -0.25) is 19.3 Å². The standard InChI is InChI=1S/C15H18F3N3O5/c16-15(17,18)9-6-20(5-8(9)11(23)24)10(22)7-21-12(25)14(19-13(21)26)3-1-2-4-14/h8-9H,1-7H2,(H,19,26)(H,23,24)/t8-,9-/m1/s1. The number of hydrogen-bond donors (Lipinski definition) is 2. The van der Waals surface area contributed by atoms with Crippen LogP contribution in [0.2, 0.25) is 0 Å². The Labute approximate surface area is 146 Å². The molecule has 0 radical (unpaired) electrons. The number of amides is 4. The van der Waals surface area contributed by atoms with E-state index in [0.717, 1.165) is 17.7 Å². The fourth-order valence-corrected chi connectivity index (χ4v) is 3.96. The highest BCUT2D eigenvalue weighted by Crippen LogP contribution is 2.38. The zero-order chi connectivity index (χ0) is 19.3. The molecule has 2 atom stereocenters. The molecule has 8 nitrogen and oxygen atoms in total. The smallest absolute Gasteiger partial charge is 0.394 e. The molecule has 2 heterocycles. The molecule has 144 valence electrons. The van der Waals surface area contributed by atoms with E-state index in [9.17, 15) is 32.3 Å². The Morgan fingerprint density at radius 3 is 2.31 bits per heavy atom. The maximum Gasteiger partial charge on any atom is 0.394 e. The first-order chi connectivity index (χ1) is 12.0. The van der Waals surface area contributed by atoms with Gasteiger partial charge in [-0.1, -0.05) is 12.8 Å². The van der Waals surface area contributed by atoms with Gasteiger partial charge in [0.25, 0.3) is 5.91 Å². The summed E-state index contributed by atoms with van der Waals surface area (Å²) in [6, 6.07) is -0.744. The van der Waals surface area contributed by atoms with Crippen molar-refractivity contribution in [2.45, 2.75) is 37.4 Å². The summed E-state index contributed by atoms with van der Waals surface area (Å²) in [5, 5.41) is 11.6. The number of halogens is 3. The van der Waals surface area contributed by atoms with Crippen LogP contribution in [0.5, 0.6) is 0 Å². The van der Waals surface area contributed by atoms with Crippen molar-refractivity contribution in [1.29, 1.82) is 0 Å². The van der Waals surface area contributed by atoms with E-state index in [1.165, 1.54) is 0 Å². The quantitative estimate of drug-likeness (QED) is 0.700. The number of hydrogen-bond acceptors (Lipinski definition) is 4. The van der Waals surface area contributed by atoms with E-state index in [1.807, 2.05) is 0 Å². The van der Waals surface area contributed by atoms with Gasteiger partial charge in [-0.15, -0.1) is 0 Å². The largest absolute Gasteiger partial charge is 0.481 e. The highest BCUT2D eigenvalue weighted by atomic mass is 19.4. The number of alkyl halides is 3. The highest BCUT2D eigenvalue weighted by Gasteiger charge is 2.55. The molecule has 0 bridgehead atoms. The van der Waals surface area contributed by atoms with Gasteiger partial charge < -0.3 is 15.3 Å². The zero-order valence-electron chi connectivity index (χ0n) is 13.7. The van der Waals surface area contributed by atoms with Crippen molar-refractivity contribution in [1.82, 2.24) is 15.1 Å². The fourth-order valence-electron chi connectivity index (χ4n) is 3.96. The number of carboxylic acid groups (broad SMARTS) is 1. The topological polar surface area (TPSA) is 107 Å². The van der Waals surface area contributed by atoms with E-state index in [0.29, 0.717) is 17.7 Å². The van der Waals surface area contributed by atoms with Gasteiger partial charge in [-0.25, -0.2) is 4.79 Å². The van der Waals surface area contributed by atoms with Crippen LogP contribution in [0.15, 0.2) is 0 Å². The average molecular weight is 377 g/mol. The first-order valence-corrected chi connectivity index (χ1v) is 8.26. The predicted octanol–water partition coefficient (Wildman–Crippen LogP) is 0.572. The molecule has 1 saturated carbocycles. The van der Waals surface area contributed by atoms with Crippen LogP contribution in [0.25, 0.3) is 0 Å². The van der Waals surface area contributed by atoms with Gasteiger partial charge in [-0.2, -0.15) is 13.2 Å². The number of carboxylic acids is 1. The third-order valence-corrected chi connectivity index (χ3v) is 5.41. The van der Waals surface area contributed by atoms with E-state index in [2.05, 4.69) is 5.32 Å². The van der Waals surface area contributed by atoms with Gasteiger partial charge in [-0.05, 0) is 12.8 Å². The number of carbonyl (C=O) groups is 4. The van der Waals surface area contributed by atoms with Crippen LogP contribution in [0, 0.1) is 11.8 Å². The lowest BCUT2D eigenvalue weighted by Gasteiger charge is -2.22. The number of imide groups is 1. The molecule has 2 N–H and O–H groups in total. The van der Waals surface area contributed by atoms with Crippen LogP contribution < -0.4 is 5.32 Å². The molecule has 3 aliphatic rings. The molecular weight excluding hydrogens is 359 g/mol. The fraction of sp³-hybridized carbons (Fsp3) is 0.733. The summed E-state index contributed by atoms with van der Waals surface area (Å²) in [7, 11) is 0. The second-order valence-corrected chi connectivity index (χ2v) is 7.00. The van der Waals surface area contributed by atoms with Crippen molar-refractivity contribution < 1.29 is 37.5 Å². The minimum atomic E-state index is -4.76. The highest BCUT2D eigenvalue weighted by molar-refractivity contribution is 6.09. The Morgan fingerprint density at radius 2 is 1.81 bits per heavy atom. The minimum Gasteiger partial charge on any atom is -0.481 e. The maximum absolute atomic E-state index is 13.0. The molecule has 1 spiro atoms. The first kappa shape index (κ1) is 18.5. The second kappa shape index (κ2) is 6.13. The number of carbonyl (C=O) groups excluding carboxylic acids is 3. The molecule has 26 heavy (non-hydrogen) atoms. The minimum absolute atomic E-state index is 0.462. The molecule has 0 aromatic carbocycles. The first-order valence-electron chi connectivity index (χ1n) is 8.26. The van der Waals surface area contributed by atoms with Gasteiger partial charge in [0.05, 0.1) is 11.8 Å². The molecular formula is C15H18F3N3O5. The van der Waals surface area contributed by atoms with E-state index >= 15 is 0 Å². The summed E-state index contributed by atoms with van der Waals surface area (Å²) in [4.78, 5) is 49.4.